The van der Waals surface area contributed by atoms with Crippen LogP contribution in [0.2, 0.25) is 0 Å². The first-order valence-electron chi connectivity index (χ1n) is 6.97. The molecule has 1 N–H and O–H groups in total. The van der Waals surface area contributed by atoms with Crippen molar-refractivity contribution < 1.29 is 0 Å². The minimum atomic E-state index is 0.609. The van der Waals surface area contributed by atoms with Crippen LogP contribution in [0.4, 0.5) is 0 Å². The number of fused-ring (bicyclic) bond motifs is 1. The molecule has 0 spiro atoms. The Morgan fingerprint density at radius 1 is 1.47 bits per heavy atom. The normalized spacial score (nSPS) is 20.2. The highest BCUT2D eigenvalue weighted by Gasteiger charge is 2.29. The Bertz CT molecular complexity index is 349. The highest BCUT2D eigenvalue weighted by Crippen LogP contribution is 2.35. The number of aryl methyl sites for hydroxylation is 1. The first kappa shape index (κ1) is 12.6. The second-order valence-corrected chi connectivity index (χ2v) is 5.08. The van der Waals surface area contributed by atoms with Crippen LogP contribution in [0.25, 0.3) is 0 Å². The maximum Gasteiger partial charge on any atom is 0.0482 e. The van der Waals surface area contributed by atoms with Gasteiger partial charge in [-0.25, -0.2) is 0 Å². The maximum atomic E-state index is 4.60. The summed E-state index contributed by atoms with van der Waals surface area (Å²) in [5, 5.41) is 3.50. The van der Waals surface area contributed by atoms with E-state index in [2.05, 4.69) is 36.4 Å². The molecule has 0 aromatic carbocycles. The second-order valence-electron chi connectivity index (χ2n) is 5.08. The molecule has 2 atom stereocenters. The minimum absolute atomic E-state index is 0.609. The maximum absolute atomic E-state index is 4.60. The van der Waals surface area contributed by atoms with Gasteiger partial charge in [-0.3, -0.25) is 4.98 Å². The Hall–Kier alpha value is -0.890. The number of likely N-dealkylation sites (N-methyl/N-ethyl adjacent to an activating group) is 1. The van der Waals surface area contributed by atoms with Gasteiger partial charge in [0.15, 0.2) is 0 Å². The average Bonchev–Trinajstić information content (AvgIpc) is 2.79. The fraction of sp³-hybridized carbons (Fsp3) is 0.667. The van der Waals surface area contributed by atoms with E-state index in [1.54, 1.807) is 0 Å². The highest BCUT2D eigenvalue weighted by molar-refractivity contribution is 5.29. The molecule has 0 fully saturated rings. The summed E-state index contributed by atoms with van der Waals surface area (Å²) in [6.07, 6.45) is 9.68. The van der Waals surface area contributed by atoms with Gasteiger partial charge in [-0.15, -0.1) is 0 Å². The van der Waals surface area contributed by atoms with Crippen molar-refractivity contribution in [3.05, 3.63) is 29.6 Å². The first-order valence-corrected chi connectivity index (χ1v) is 6.97. The third-order valence-electron chi connectivity index (χ3n) is 3.98. The van der Waals surface area contributed by atoms with Gasteiger partial charge in [-0.05, 0) is 37.9 Å². The van der Waals surface area contributed by atoms with Crippen LogP contribution < -0.4 is 5.32 Å². The molecule has 0 aliphatic heterocycles. The number of nitrogens with one attached hydrogen (secondary N) is 1. The molecular weight excluding hydrogens is 208 g/mol. The topological polar surface area (TPSA) is 24.9 Å². The van der Waals surface area contributed by atoms with E-state index in [9.17, 15) is 0 Å². The number of unbranched alkanes of at least 4 members (excludes halogenated alkanes) is 2. The SMILES string of the molecule is CCCCCC(NC)C1CCc2cccnc21. The fourth-order valence-electron chi connectivity index (χ4n) is 3.00. The lowest BCUT2D eigenvalue weighted by Crippen LogP contribution is -2.31. The molecule has 1 aliphatic rings. The van der Waals surface area contributed by atoms with Gasteiger partial charge >= 0.3 is 0 Å². The van der Waals surface area contributed by atoms with Crippen molar-refractivity contribution in [3.8, 4) is 0 Å². The number of nitrogens with zero attached hydrogens (tertiary/aromatic N) is 1. The van der Waals surface area contributed by atoms with Crippen molar-refractivity contribution in [2.24, 2.45) is 0 Å². The van der Waals surface area contributed by atoms with E-state index < -0.39 is 0 Å². The highest BCUT2D eigenvalue weighted by atomic mass is 14.9. The van der Waals surface area contributed by atoms with Gasteiger partial charge in [-0.2, -0.15) is 0 Å². The van der Waals surface area contributed by atoms with Gasteiger partial charge < -0.3 is 5.32 Å². The summed E-state index contributed by atoms with van der Waals surface area (Å²) >= 11 is 0. The Kier molecular flexibility index (Phi) is 4.55. The predicted molar refractivity (Wildman–Crippen MR) is 72.3 cm³/mol. The van der Waals surface area contributed by atoms with Crippen molar-refractivity contribution in [1.82, 2.24) is 10.3 Å². The van der Waals surface area contributed by atoms with Gasteiger partial charge in [0.2, 0.25) is 0 Å². The molecule has 2 rings (SSSR count). The third-order valence-corrected chi connectivity index (χ3v) is 3.98. The molecule has 2 unspecified atom stereocenters. The number of rotatable bonds is 6. The van der Waals surface area contributed by atoms with Crippen molar-refractivity contribution >= 4 is 0 Å². The van der Waals surface area contributed by atoms with Gasteiger partial charge in [-0.1, -0.05) is 32.3 Å². The first-order chi connectivity index (χ1) is 8.36. The van der Waals surface area contributed by atoms with Crippen molar-refractivity contribution in [1.29, 1.82) is 0 Å². The summed E-state index contributed by atoms with van der Waals surface area (Å²) in [5.41, 5.74) is 2.82. The molecule has 94 valence electrons. The molecule has 1 aromatic heterocycles. The van der Waals surface area contributed by atoms with Gasteiger partial charge in [0.05, 0.1) is 0 Å². The van der Waals surface area contributed by atoms with Crippen molar-refractivity contribution in [3.63, 3.8) is 0 Å². The molecule has 1 aliphatic carbocycles. The van der Waals surface area contributed by atoms with E-state index in [1.807, 2.05) is 6.20 Å². The predicted octanol–water partition coefficient (Wildman–Crippen LogP) is 3.28. The summed E-state index contributed by atoms with van der Waals surface area (Å²) in [4.78, 5) is 4.60. The zero-order chi connectivity index (χ0) is 12.1. The van der Waals surface area contributed by atoms with E-state index >= 15 is 0 Å². The van der Waals surface area contributed by atoms with Crippen LogP contribution >= 0.6 is 0 Å². The number of aromatic nitrogens is 1. The summed E-state index contributed by atoms with van der Waals surface area (Å²) in [6, 6.07) is 4.91. The number of pyridine rings is 1. The van der Waals surface area contributed by atoms with Crippen LogP contribution in [0.15, 0.2) is 18.3 Å². The van der Waals surface area contributed by atoms with E-state index in [-0.39, 0.29) is 0 Å². The van der Waals surface area contributed by atoms with Gasteiger partial charge in [0.1, 0.15) is 0 Å². The molecule has 0 bridgehead atoms. The third kappa shape index (κ3) is 2.86. The second kappa shape index (κ2) is 6.15. The van der Waals surface area contributed by atoms with Gasteiger partial charge in [0.25, 0.3) is 0 Å². The fourth-order valence-corrected chi connectivity index (χ4v) is 3.00. The molecule has 1 aromatic rings. The summed E-state index contributed by atoms with van der Waals surface area (Å²) < 4.78 is 0. The molecule has 0 radical (unpaired) electrons. The lowest BCUT2D eigenvalue weighted by molar-refractivity contribution is 0.411. The molecule has 2 heteroatoms. The zero-order valence-corrected chi connectivity index (χ0v) is 11.1. The summed E-state index contributed by atoms with van der Waals surface area (Å²) in [7, 11) is 2.09. The average molecular weight is 232 g/mol. The molecule has 17 heavy (non-hydrogen) atoms. The van der Waals surface area contributed by atoms with Crippen LogP contribution in [-0.4, -0.2) is 18.1 Å². The van der Waals surface area contributed by atoms with Crippen LogP contribution in [0.3, 0.4) is 0 Å². The van der Waals surface area contributed by atoms with Crippen LogP contribution in [0.5, 0.6) is 0 Å². The molecular formula is C15H24N2. The molecule has 0 saturated heterocycles. The number of hydrogen-bond donors (Lipinski definition) is 1. The van der Waals surface area contributed by atoms with Gasteiger partial charge in [0, 0.05) is 23.9 Å². The quantitative estimate of drug-likeness (QED) is 0.761. The molecule has 0 amide bonds. The van der Waals surface area contributed by atoms with E-state index in [0.717, 1.165) is 0 Å². The smallest absolute Gasteiger partial charge is 0.0482 e. The molecule has 2 nitrogen and oxygen atoms in total. The minimum Gasteiger partial charge on any atom is -0.316 e. The zero-order valence-electron chi connectivity index (χ0n) is 11.1. The van der Waals surface area contributed by atoms with Crippen LogP contribution in [0.1, 0.15) is 56.2 Å². The Morgan fingerprint density at radius 3 is 3.12 bits per heavy atom. The summed E-state index contributed by atoms with van der Waals surface area (Å²) in [5.74, 6) is 0.632. The Morgan fingerprint density at radius 2 is 2.35 bits per heavy atom. The largest absolute Gasteiger partial charge is 0.316 e. The molecule has 0 saturated carbocycles. The van der Waals surface area contributed by atoms with E-state index in [4.69, 9.17) is 0 Å². The van der Waals surface area contributed by atoms with Crippen LogP contribution in [0, 0.1) is 0 Å². The van der Waals surface area contributed by atoms with E-state index in [1.165, 1.54) is 49.8 Å². The monoisotopic (exact) mass is 232 g/mol. The van der Waals surface area contributed by atoms with Crippen LogP contribution in [-0.2, 0) is 6.42 Å². The van der Waals surface area contributed by atoms with E-state index in [0.29, 0.717) is 12.0 Å². The molecule has 1 heterocycles. The number of hydrogen-bond acceptors (Lipinski definition) is 2. The summed E-state index contributed by atoms with van der Waals surface area (Å²) in [6.45, 7) is 2.26. The Balaban J connectivity index is 2.01. The van der Waals surface area contributed by atoms with Crippen molar-refractivity contribution in [2.45, 2.75) is 57.4 Å². The lowest BCUT2D eigenvalue weighted by Gasteiger charge is -2.23. The van der Waals surface area contributed by atoms with Crippen molar-refractivity contribution in [2.75, 3.05) is 7.05 Å². The lowest BCUT2D eigenvalue weighted by atomic mass is 9.92. The Labute approximate surface area is 105 Å². The standard InChI is InChI=1S/C15H24N2/c1-3-4-5-8-14(16-2)13-10-9-12-7-6-11-17-15(12)13/h6-7,11,13-14,16H,3-5,8-10H2,1-2H3.